The number of hydrogen-bond donors (Lipinski definition) is 10. The first-order valence-electron chi connectivity index (χ1n) is 32.3. The van der Waals surface area contributed by atoms with Crippen LogP contribution >= 0.6 is 56.7 Å². The molecule has 11 atom stereocenters. The zero-order valence-corrected chi connectivity index (χ0v) is 60.1. The summed E-state index contributed by atoms with van der Waals surface area (Å²) in [6.07, 6.45) is -7.53. The van der Waals surface area contributed by atoms with Gasteiger partial charge in [-0.2, -0.15) is 4.73 Å². The van der Waals surface area contributed by atoms with Gasteiger partial charge < -0.3 is 90.3 Å². The lowest BCUT2D eigenvalue weighted by Crippen LogP contribution is -2.62. The predicted octanol–water partition coefficient (Wildman–Crippen LogP) is 3.59. The number of aliphatic hydroxyl groups is 3. The Morgan fingerprint density at radius 2 is 1.52 bits per heavy atom. The van der Waals surface area contributed by atoms with Crippen LogP contribution in [0.25, 0.3) is 49.3 Å². The number of morpholine rings is 1. The second-order valence-electron chi connectivity index (χ2n) is 25.3. The maximum Gasteiger partial charge on any atom is 0.358 e. The summed E-state index contributed by atoms with van der Waals surface area (Å²) in [6.45, 7) is 6.49. The van der Waals surface area contributed by atoms with Crippen LogP contribution < -0.4 is 26.6 Å². The van der Waals surface area contributed by atoms with Gasteiger partial charge in [-0.05, 0) is 59.5 Å². The number of carbonyl (C=O) groups is 7. The van der Waals surface area contributed by atoms with Crippen molar-refractivity contribution >= 4 is 115 Å². The van der Waals surface area contributed by atoms with Crippen molar-refractivity contribution in [2.24, 2.45) is 0 Å². The van der Waals surface area contributed by atoms with Gasteiger partial charge >= 0.3 is 11.9 Å². The van der Waals surface area contributed by atoms with Crippen LogP contribution in [0.3, 0.4) is 0 Å². The summed E-state index contributed by atoms with van der Waals surface area (Å²) in [7, 11) is 4.86. The normalized spacial score (nSPS) is 24.9. The SMILES string of the molecule is CO/C(C)=C1/NC(=O)C(C(C)O)NC(=O)c2csc(n2)-c2cc(O)c(-c3nc(C(=O)N[C@H](CO)CN4CCOCC4)cs3)nc2-c2csc(n2)C2COC(=O)c3c4c5c(cccc5n3O)COC(=O)C(OC3CC(C)(O)C(N(C)C)C(C)O3)C(OC4)C(NC(=O)c3csc1n3)c1nc(cs1)C(=O)N2. The standard InChI is InChI=1S/C65H70N14O19S5/c1-27(81)44-57(87)75-45(28(2)92-7)60-70-39(26-101-60)56(86)76-48-50-51(98-42-16-65(4,90)52(77(5)6)29(3)97-42)64(89)95-19-30-9-8-10-40-43(30)33(20-94-50)49(79(40)91)63(88)96-21-34(67-54(84)37-25-103-62(48)72-37)59-68-35(22-100-59)46-32(58-69-38(23-99-58)55(85)74-44)15-41(82)47(73-46)61-71-36(24-102-61)53(83)66-31(18-80)17-78-11-13-93-14-12-78/h8-10,15,22-27,29,31,34,42,44,48,50-52,80-82,90-91H,11-14,16-21H2,1-7H3,(H,66,83)(H,67,84)(H,74,85)(H,75,87)(H,76,86)/b45-28+/t27?,29?,31-,34?,42?,44?,48?,50?,51?,52?,65?/m0/s1. The lowest BCUT2D eigenvalue weighted by atomic mass is 9.85. The number of cyclic esters (lactones) is 2. The van der Waals surface area contributed by atoms with Crippen LogP contribution in [-0.2, 0) is 56.0 Å². The first-order valence-corrected chi connectivity index (χ1v) is 36.7. The molecule has 2 fully saturated rings. The lowest BCUT2D eigenvalue weighted by Gasteiger charge is -2.48. The van der Waals surface area contributed by atoms with Gasteiger partial charge in [0.25, 0.3) is 23.6 Å². The Morgan fingerprint density at radius 3 is 2.25 bits per heavy atom. The van der Waals surface area contributed by atoms with Crippen molar-refractivity contribution in [3.05, 3.63) is 112 Å². The third kappa shape index (κ3) is 14.9. The number of carbonyl (C=O) groups excluding carboxylic acids is 7. The van der Waals surface area contributed by atoms with E-state index < -0.39 is 139 Å². The molecule has 5 aliphatic heterocycles. The topological polar surface area (TPSA) is 434 Å². The Morgan fingerprint density at radius 1 is 0.845 bits per heavy atom. The minimum absolute atomic E-state index is 0.0106. The summed E-state index contributed by atoms with van der Waals surface area (Å²) < 4.78 is 43.8. The molecule has 2 saturated heterocycles. The second kappa shape index (κ2) is 30.1. The zero-order chi connectivity index (χ0) is 72.9. The molecule has 12 heterocycles. The van der Waals surface area contributed by atoms with Crippen LogP contribution in [0.4, 0.5) is 0 Å². The Balaban J connectivity index is 0.960. The van der Waals surface area contributed by atoms with E-state index in [0.717, 1.165) is 56.7 Å². The second-order valence-corrected chi connectivity index (χ2v) is 29.7. The van der Waals surface area contributed by atoms with Gasteiger partial charge in [0.15, 0.2) is 18.1 Å². The number of nitrogens with one attached hydrogen (secondary N) is 5. The van der Waals surface area contributed by atoms with Crippen molar-refractivity contribution in [1.29, 1.82) is 0 Å². The molecule has 8 aromatic rings. The molecule has 0 spiro atoms. The van der Waals surface area contributed by atoms with E-state index in [9.17, 15) is 40.0 Å². The molecule has 10 N–H and O–H groups in total. The first kappa shape index (κ1) is 72.5. The average molecular weight is 1510 g/mol. The minimum atomic E-state index is -1.91. The molecule has 10 unspecified atom stereocenters. The Kier molecular flexibility index (Phi) is 21.2. The maximum absolute atomic E-state index is 15.2. The van der Waals surface area contributed by atoms with Crippen molar-refractivity contribution in [2.75, 3.05) is 67.3 Å². The number of esters is 2. The number of amides is 5. The number of nitrogens with zero attached hydrogens (tertiary/aromatic N) is 9. The molecule has 1 aromatic carbocycles. The third-order valence-electron chi connectivity index (χ3n) is 17.9. The fourth-order valence-electron chi connectivity index (χ4n) is 13.0. The van der Waals surface area contributed by atoms with Gasteiger partial charge in [0.05, 0.1) is 68.9 Å². The molecule has 103 heavy (non-hydrogen) atoms. The highest BCUT2D eigenvalue weighted by atomic mass is 32.1. The fourth-order valence-corrected chi connectivity index (χ4v) is 17.2. The van der Waals surface area contributed by atoms with E-state index in [-0.39, 0.29) is 111 Å². The van der Waals surface area contributed by atoms with Gasteiger partial charge in [-0.25, -0.2) is 39.5 Å². The monoisotopic (exact) mass is 1510 g/mol. The van der Waals surface area contributed by atoms with Gasteiger partial charge in [0.1, 0.15) is 120 Å². The van der Waals surface area contributed by atoms with Crippen LogP contribution in [-0.4, -0.2) is 233 Å². The molecule has 0 radical (unpaired) electrons. The highest BCUT2D eigenvalue weighted by molar-refractivity contribution is 7.14. The summed E-state index contributed by atoms with van der Waals surface area (Å²) in [4.78, 5) is 135. The molecule has 0 saturated carbocycles. The third-order valence-corrected chi connectivity index (χ3v) is 22.4. The number of allylic oxidation sites excluding steroid dienone is 1. The number of likely N-dealkylation sites (N-methyl/N-ethyl adjacent to an activating group) is 1. The molecular weight excluding hydrogens is 1440 g/mol. The van der Waals surface area contributed by atoms with Crippen molar-refractivity contribution in [3.8, 4) is 38.4 Å². The van der Waals surface area contributed by atoms with Gasteiger partial charge in [-0.15, -0.1) is 56.7 Å². The van der Waals surface area contributed by atoms with Gasteiger partial charge in [-0.3, -0.25) is 28.9 Å². The molecule has 5 amide bonds. The number of aromatic nitrogens is 7. The molecule has 7 aromatic heterocycles. The van der Waals surface area contributed by atoms with E-state index >= 15 is 19.2 Å². The van der Waals surface area contributed by atoms with Gasteiger partial charge in [0, 0.05) is 69.5 Å². The van der Waals surface area contributed by atoms with E-state index in [0.29, 0.717) is 43.1 Å². The van der Waals surface area contributed by atoms with Crippen LogP contribution in [0.5, 0.6) is 5.75 Å². The quantitative estimate of drug-likeness (QED) is 0.0502. The molecule has 0 aliphatic carbocycles. The zero-order valence-electron chi connectivity index (χ0n) is 56.1. The number of methoxy groups -OCH3 is 1. The van der Waals surface area contributed by atoms with Crippen molar-refractivity contribution in [3.63, 3.8) is 0 Å². The molecule has 38 heteroatoms. The molecule has 12 bridgehead atoms. The minimum Gasteiger partial charge on any atom is -0.506 e. The number of fused-ring (bicyclic) bond motifs is 15. The fraction of sp³-hybridized carbons (Fsp3) is 0.431. The Bertz CT molecular complexity index is 4630. The van der Waals surface area contributed by atoms with E-state index in [1.807, 2.05) is 0 Å². The van der Waals surface area contributed by atoms with Crippen molar-refractivity contribution in [1.82, 2.24) is 71.0 Å². The summed E-state index contributed by atoms with van der Waals surface area (Å²) in [5, 5.41) is 79.0. The van der Waals surface area contributed by atoms with Crippen LogP contribution in [0.2, 0.25) is 0 Å². The van der Waals surface area contributed by atoms with Gasteiger partial charge in [0.2, 0.25) is 5.91 Å². The summed E-state index contributed by atoms with van der Waals surface area (Å²) in [6, 6.07) is 0.0840. The number of aliphatic hydroxyl groups excluding tert-OH is 2. The number of hydrogen-bond acceptors (Lipinski definition) is 32. The molecule has 33 nitrogen and oxygen atoms in total. The Hall–Kier alpha value is -8.87. The number of ether oxygens (including phenoxy) is 7. The van der Waals surface area contributed by atoms with Crippen molar-refractivity contribution < 1.29 is 92.4 Å². The number of thiazole rings is 5. The average Bonchev–Trinajstić information content (AvgIpc) is 1.63. The number of aromatic hydroxyl groups is 1. The van der Waals surface area contributed by atoms with Crippen LogP contribution in [0.1, 0.15) is 125 Å². The molecule has 5 aliphatic rings. The summed E-state index contributed by atoms with van der Waals surface area (Å²) in [5.41, 5.74) is -2.45. The van der Waals surface area contributed by atoms with Gasteiger partial charge in [-0.1, -0.05) is 12.1 Å². The van der Waals surface area contributed by atoms with Crippen molar-refractivity contribution in [2.45, 2.75) is 114 Å². The summed E-state index contributed by atoms with van der Waals surface area (Å²) >= 11 is 4.63. The maximum atomic E-state index is 15.2. The molecule has 13 rings (SSSR count). The lowest BCUT2D eigenvalue weighted by molar-refractivity contribution is -0.280. The molecular formula is C65H70N14O19S5. The highest BCUT2D eigenvalue weighted by Crippen LogP contribution is 2.43. The highest BCUT2D eigenvalue weighted by Gasteiger charge is 2.50. The van der Waals surface area contributed by atoms with E-state index in [2.05, 4.69) is 46.4 Å². The molecule has 544 valence electrons. The number of benzene rings is 1. The summed E-state index contributed by atoms with van der Waals surface area (Å²) in [5.74, 6) is -6.90. The van der Waals surface area contributed by atoms with E-state index in [1.165, 1.54) is 54.6 Å². The number of pyridine rings is 1. The largest absolute Gasteiger partial charge is 0.506 e. The Labute approximate surface area is 605 Å². The smallest absolute Gasteiger partial charge is 0.358 e. The van der Waals surface area contributed by atoms with Crippen LogP contribution in [0.15, 0.2) is 56.9 Å². The van der Waals surface area contributed by atoms with Crippen LogP contribution in [0, 0.1) is 0 Å². The number of rotatable bonds is 11. The first-order chi connectivity index (χ1) is 49.4. The van der Waals surface area contributed by atoms with E-state index in [4.69, 9.17) is 48.1 Å². The van der Waals surface area contributed by atoms with E-state index in [1.54, 1.807) is 50.4 Å². The predicted molar refractivity (Wildman–Crippen MR) is 370 cm³/mol.